The Morgan fingerprint density at radius 2 is 1.65 bits per heavy atom. The molecule has 1 atom stereocenters. The minimum atomic E-state index is -0.511. The number of hydrogen-bond donors (Lipinski definition) is 1. The molecule has 2 aromatic carbocycles. The fourth-order valence-corrected chi connectivity index (χ4v) is 2.90. The zero-order valence-electron chi connectivity index (χ0n) is 13.6. The van der Waals surface area contributed by atoms with E-state index >= 15 is 0 Å². The summed E-state index contributed by atoms with van der Waals surface area (Å²) in [5, 5.41) is 3.21. The van der Waals surface area contributed by atoms with Crippen LogP contribution < -0.4 is 10.2 Å². The Hall–Kier alpha value is -2.62. The fourth-order valence-electron chi connectivity index (χ4n) is 2.90. The number of amides is 2. The van der Waals surface area contributed by atoms with Crippen molar-refractivity contribution in [2.45, 2.75) is 33.2 Å². The number of nitrogens with one attached hydrogen (secondary N) is 1. The van der Waals surface area contributed by atoms with Gasteiger partial charge < -0.3 is 5.32 Å². The first-order chi connectivity index (χ1) is 11.0. The summed E-state index contributed by atoms with van der Waals surface area (Å²) in [6.45, 7) is 5.90. The smallest absolute Gasteiger partial charge is 0.256 e. The van der Waals surface area contributed by atoms with Crippen LogP contribution >= 0.6 is 0 Å². The molecule has 0 spiro atoms. The van der Waals surface area contributed by atoms with E-state index in [-0.39, 0.29) is 18.2 Å². The van der Waals surface area contributed by atoms with Crippen LogP contribution in [0.5, 0.6) is 0 Å². The molecule has 3 rings (SSSR count). The number of benzene rings is 2. The van der Waals surface area contributed by atoms with Crippen molar-refractivity contribution in [2.75, 3.05) is 10.2 Å². The van der Waals surface area contributed by atoms with Crippen molar-refractivity contribution in [3.05, 3.63) is 59.2 Å². The number of imide groups is 1. The van der Waals surface area contributed by atoms with Crippen molar-refractivity contribution in [2.24, 2.45) is 0 Å². The number of carbonyl (C=O) groups excluding carboxylic acids is 2. The third-order valence-corrected chi connectivity index (χ3v) is 4.44. The van der Waals surface area contributed by atoms with Crippen molar-refractivity contribution in [3.8, 4) is 0 Å². The Balaban J connectivity index is 1.89. The molecule has 1 unspecified atom stereocenters. The second-order valence-electron chi connectivity index (χ2n) is 6.00. The molecular formula is C19H20N2O2. The first-order valence-electron chi connectivity index (χ1n) is 7.74. The van der Waals surface area contributed by atoms with Crippen LogP contribution in [0.25, 0.3) is 0 Å². The minimum Gasteiger partial charge on any atom is -0.373 e. The van der Waals surface area contributed by atoms with E-state index in [1.54, 1.807) is 0 Å². The Labute approximate surface area is 136 Å². The normalized spacial score (nSPS) is 17.7. The van der Waals surface area contributed by atoms with Crippen molar-refractivity contribution >= 4 is 23.2 Å². The maximum atomic E-state index is 12.7. The zero-order chi connectivity index (χ0) is 16.6. The van der Waals surface area contributed by atoms with E-state index in [0.29, 0.717) is 5.69 Å². The number of anilines is 2. The Morgan fingerprint density at radius 1 is 0.957 bits per heavy atom. The van der Waals surface area contributed by atoms with Crippen LogP contribution in [0, 0.1) is 20.8 Å². The largest absolute Gasteiger partial charge is 0.373 e. The van der Waals surface area contributed by atoms with E-state index in [9.17, 15) is 9.59 Å². The third kappa shape index (κ3) is 2.72. The number of carbonyl (C=O) groups is 2. The lowest BCUT2D eigenvalue weighted by Crippen LogP contribution is -2.35. The van der Waals surface area contributed by atoms with Gasteiger partial charge in [0.05, 0.1) is 12.1 Å². The van der Waals surface area contributed by atoms with Crippen molar-refractivity contribution < 1.29 is 9.59 Å². The van der Waals surface area contributed by atoms with Crippen molar-refractivity contribution in [1.82, 2.24) is 0 Å². The third-order valence-electron chi connectivity index (χ3n) is 4.44. The van der Waals surface area contributed by atoms with Crippen LogP contribution in [0.4, 0.5) is 11.4 Å². The first kappa shape index (κ1) is 15.3. The number of rotatable bonds is 3. The topological polar surface area (TPSA) is 49.4 Å². The van der Waals surface area contributed by atoms with E-state index in [1.807, 2.05) is 63.2 Å². The van der Waals surface area contributed by atoms with E-state index in [1.165, 1.54) is 4.90 Å². The molecule has 1 aliphatic rings. The molecule has 0 radical (unpaired) electrons. The van der Waals surface area contributed by atoms with Gasteiger partial charge in [-0.25, -0.2) is 4.90 Å². The average molecular weight is 308 g/mol. The lowest BCUT2D eigenvalue weighted by molar-refractivity contribution is -0.121. The molecule has 2 aromatic rings. The van der Waals surface area contributed by atoms with Gasteiger partial charge in [0.1, 0.15) is 6.04 Å². The van der Waals surface area contributed by atoms with Crippen molar-refractivity contribution in [3.63, 3.8) is 0 Å². The van der Waals surface area contributed by atoms with E-state index in [0.717, 1.165) is 22.4 Å². The summed E-state index contributed by atoms with van der Waals surface area (Å²) < 4.78 is 0. The van der Waals surface area contributed by atoms with E-state index < -0.39 is 6.04 Å². The Bertz CT molecular complexity index is 783. The standard InChI is InChI=1S/C19H20N2O2/c1-12-8-6-10-17(14(12)3)21-18(22)11-16(19(21)23)20-15-9-5-4-7-13(15)2/h4-10,16,20H,11H2,1-3H3. The molecule has 1 saturated heterocycles. The average Bonchev–Trinajstić information content (AvgIpc) is 2.79. The van der Waals surface area contributed by atoms with Gasteiger partial charge in [0.15, 0.2) is 0 Å². The molecule has 1 N–H and O–H groups in total. The summed E-state index contributed by atoms with van der Waals surface area (Å²) in [7, 11) is 0. The summed E-state index contributed by atoms with van der Waals surface area (Å²) in [6, 6.07) is 12.9. The molecule has 23 heavy (non-hydrogen) atoms. The molecule has 0 saturated carbocycles. The van der Waals surface area contributed by atoms with Gasteiger partial charge in [0, 0.05) is 5.69 Å². The summed E-state index contributed by atoms with van der Waals surface area (Å²) in [6.07, 6.45) is 0.181. The quantitative estimate of drug-likeness (QED) is 0.885. The molecule has 0 aromatic heterocycles. The highest BCUT2D eigenvalue weighted by Gasteiger charge is 2.40. The predicted molar refractivity (Wildman–Crippen MR) is 91.6 cm³/mol. The lowest BCUT2D eigenvalue weighted by Gasteiger charge is -2.19. The molecule has 1 fully saturated rings. The van der Waals surface area contributed by atoms with Gasteiger partial charge in [-0.2, -0.15) is 0 Å². The lowest BCUT2D eigenvalue weighted by atomic mass is 10.1. The number of hydrogen-bond acceptors (Lipinski definition) is 3. The molecule has 4 heteroatoms. The molecule has 1 aliphatic heterocycles. The molecule has 1 heterocycles. The van der Waals surface area contributed by atoms with Gasteiger partial charge >= 0.3 is 0 Å². The Kier molecular flexibility index (Phi) is 3.90. The SMILES string of the molecule is Cc1ccccc1NC1CC(=O)N(c2cccc(C)c2C)C1=O. The highest BCUT2D eigenvalue weighted by atomic mass is 16.2. The van der Waals surface area contributed by atoms with Gasteiger partial charge in [0.25, 0.3) is 5.91 Å². The van der Waals surface area contributed by atoms with Crippen LogP contribution in [0.2, 0.25) is 0 Å². The number of para-hydroxylation sites is 1. The predicted octanol–water partition coefficient (Wildman–Crippen LogP) is 3.36. The highest BCUT2D eigenvalue weighted by Crippen LogP contribution is 2.29. The minimum absolute atomic E-state index is 0.158. The Morgan fingerprint density at radius 3 is 2.39 bits per heavy atom. The van der Waals surface area contributed by atoms with E-state index in [2.05, 4.69) is 5.32 Å². The zero-order valence-corrected chi connectivity index (χ0v) is 13.6. The van der Waals surface area contributed by atoms with Crippen molar-refractivity contribution in [1.29, 1.82) is 0 Å². The second kappa shape index (κ2) is 5.88. The molecule has 4 nitrogen and oxygen atoms in total. The summed E-state index contributed by atoms with van der Waals surface area (Å²) >= 11 is 0. The molecular weight excluding hydrogens is 288 g/mol. The van der Waals surface area contributed by atoms with Crippen LogP contribution in [0.1, 0.15) is 23.1 Å². The first-order valence-corrected chi connectivity index (χ1v) is 7.74. The maximum Gasteiger partial charge on any atom is 0.256 e. The van der Waals surface area contributed by atoms with Gasteiger partial charge in [-0.3, -0.25) is 9.59 Å². The van der Waals surface area contributed by atoms with Gasteiger partial charge in [0.2, 0.25) is 5.91 Å². The summed E-state index contributed by atoms with van der Waals surface area (Å²) in [5.74, 6) is -0.346. The number of aryl methyl sites for hydroxylation is 2. The van der Waals surface area contributed by atoms with Crippen LogP contribution in [-0.2, 0) is 9.59 Å². The maximum absolute atomic E-state index is 12.7. The monoisotopic (exact) mass is 308 g/mol. The highest BCUT2D eigenvalue weighted by molar-refractivity contribution is 6.23. The van der Waals surface area contributed by atoms with Crippen LogP contribution in [-0.4, -0.2) is 17.9 Å². The number of nitrogens with zero attached hydrogens (tertiary/aromatic N) is 1. The van der Waals surface area contributed by atoms with Crippen LogP contribution in [0.3, 0.4) is 0 Å². The summed E-state index contributed by atoms with van der Waals surface area (Å²) in [4.78, 5) is 26.5. The van der Waals surface area contributed by atoms with Gasteiger partial charge in [-0.15, -0.1) is 0 Å². The van der Waals surface area contributed by atoms with Gasteiger partial charge in [-0.1, -0.05) is 30.3 Å². The fraction of sp³-hybridized carbons (Fsp3) is 0.263. The molecule has 118 valence electrons. The van der Waals surface area contributed by atoms with E-state index in [4.69, 9.17) is 0 Å². The second-order valence-corrected chi connectivity index (χ2v) is 6.00. The summed E-state index contributed by atoms with van der Waals surface area (Å²) in [5.41, 5.74) is 4.66. The van der Waals surface area contributed by atoms with Gasteiger partial charge in [-0.05, 0) is 49.6 Å². The molecule has 0 aliphatic carbocycles. The molecule has 0 bridgehead atoms. The molecule has 2 amide bonds. The van der Waals surface area contributed by atoms with Crippen LogP contribution in [0.15, 0.2) is 42.5 Å².